The van der Waals surface area contributed by atoms with Crippen molar-refractivity contribution in [1.82, 2.24) is 0 Å². The van der Waals surface area contributed by atoms with Crippen LogP contribution in [0, 0.1) is 0 Å². The van der Waals surface area contributed by atoms with Crippen LogP contribution in [0.4, 0.5) is 5.69 Å². The van der Waals surface area contributed by atoms with Gasteiger partial charge in [0.05, 0.1) is 5.69 Å². The van der Waals surface area contributed by atoms with Gasteiger partial charge in [-0.2, -0.15) is 0 Å². The third-order valence-corrected chi connectivity index (χ3v) is 5.95. The predicted octanol–water partition coefficient (Wildman–Crippen LogP) is 3.70. The molecule has 1 saturated heterocycles. The SMILES string of the molecule is O=C1C2=CC=C(c3cccs3)SC2C(=O)N1c1ccccc1. The number of imide groups is 1. The van der Waals surface area contributed by atoms with Crippen LogP contribution in [-0.4, -0.2) is 17.1 Å². The molecule has 0 radical (unpaired) electrons. The second-order valence-corrected chi connectivity index (χ2v) is 7.04. The van der Waals surface area contributed by atoms with E-state index < -0.39 is 5.25 Å². The number of fused-ring (bicyclic) bond motifs is 1. The van der Waals surface area contributed by atoms with Crippen molar-refractivity contribution in [2.75, 3.05) is 4.90 Å². The first-order valence-electron chi connectivity index (χ1n) is 6.81. The van der Waals surface area contributed by atoms with Gasteiger partial charge in [-0.15, -0.1) is 23.1 Å². The third-order valence-electron chi connectivity index (χ3n) is 3.61. The van der Waals surface area contributed by atoms with E-state index in [1.165, 1.54) is 16.7 Å². The highest BCUT2D eigenvalue weighted by Crippen LogP contribution is 2.44. The number of rotatable bonds is 2. The summed E-state index contributed by atoms with van der Waals surface area (Å²) in [6.45, 7) is 0. The van der Waals surface area contributed by atoms with Crippen LogP contribution in [-0.2, 0) is 9.59 Å². The van der Waals surface area contributed by atoms with Crippen LogP contribution in [0.3, 0.4) is 0 Å². The molecule has 2 aromatic rings. The summed E-state index contributed by atoms with van der Waals surface area (Å²) >= 11 is 3.10. The van der Waals surface area contributed by atoms with Crippen molar-refractivity contribution in [3.63, 3.8) is 0 Å². The van der Waals surface area contributed by atoms with Crippen molar-refractivity contribution in [3.05, 3.63) is 70.4 Å². The number of thiophene rings is 1. The highest BCUT2D eigenvalue weighted by atomic mass is 32.2. The van der Waals surface area contributed by atoms with Gasteiger partial charge in [-0.25, -0.2) is 4.90 Å². The van der Waals surface area contributed by atoms with Gasteiger partial charge in [-0.1, -0.05) is 30.3 Å². The molecular weight excluding hydrogens is 314 g/mol. The minimum atomic E-state index is -0.435. The summed E-state index contributed by atoms with van der Waals surface area (Å²) in [5, 5.41) is 1.57. The van der Waals surface area contributed by atoms with Crippen LogP contribution >= 0.6 is 23.1 Å². The molecule has 3 heterocycles. The topological polar surface area (TPSA) is 37.4 Å². The molecule has 4 rings (SSSR count). The molecule has 108 valence electrons. The van der Waals surface area contributed by atoms with E-state index in [0.29, 0.717) is 11.3 Å². The second-order valence-electron chi connectivity index (χ2n) is 4.94. The summed E-state index contributed by atoms with van der Waals surface area (Å²) in [5.74, 6) is -0.371. The van der Waals surface area contributed by atoms with E-state index in [-0.39, 0.29) is 11.8 Å². The molecule has 2 aliphatic rings. The Balaban J connectivity index is 1.69. The molecule has 3 nitrogen and oxygen atoms in total. The fourth-order valence-electron chi connectivity index (χ4n) is 2.58. The molecule has 0 aliphatic carbocycles. The molecule has 1 atom stereocenters. The number of amides is 2. The van der Waals surface area contributed by atoms with Crippen LogP contribution < -0.4 is 4.90 Å². The second kappa shape index (κ2) is 5.26. The van der Waals surface area contributed by atoms with Crippen LogP contribution in [0.15, 0.2) is 65.6 Å². The van der Waals surface area contributed by atoms with Crippen molar-refractivity contribution in [3.8, 4) is 0 Å². The van der Waals surface area contributed by atoms with E-state index in [9.17, 15) is 9.59 Å². The number of hydrogen-bond acceptors (Lipinski definition) is 4. The number of hydrogen-bond donors (Lipinski definition) is 0. The normalized spacial score (nSPS) is 20.7. The Morgan fingerprint density at radius 3 is 2.50 bits per heavy atom. The molecule has 2 aliphatic heterocycles. The van der Waals surface area contributed by atoms with Crippen molar-refractivity contribution in [1.29, 1.82) is 0 Å². The first kappa shape index (κ1) is 13.5. The summed E-state index contributed by atoms with van der Waals surface area (Å²) in [4.78, 5) is 28.7. The Kier molecular flexibility index (Phi) is 3.24. The average Bonchev–Trinajstić information content (AvgIpc) is 3.16. The lowest BCUT2D eigenvalue weighted by molar-refractivity contribution is -0.120. The summed E-state index contributed by atoms with van der Waals surface area (Å²) in [6.07, 6.45) is 3.72. The lowest BCUT2D eigenvalue weighted by Gasteiger charge is -2.15. The van der Waals surface area contributed by atoms with E-state index in [2.05, 4.69) is 0 Å². The number of thioether (sulfide) groups is 1. The fourth-order valence-corrected chi connectivity index (χ4v) is 4.61. The lowest BCUT2D eigenvalue weighted by Crippen LogP contribution is -2.30. The van der Waals surface area contributed by atoms with Gasteiger partial charge in [-0.05, 0) is 29.7 Å². The maximum atomic E-state index is 12.7. The van der Waals surface area contributed by atoms with E-state index in [1.54, 1.807) is 29.5 Å². The zero-order valence-electron chi connectivity index (χ0n) is 11.4. The number of carbonyl (C=O) groups excluding carboxylic acids is 2. The highest BCUT2D eigenvalue weighted by Gasteiger charge is 2.45. The van der Waals surface area contributed by atoms with Crippen LogP contribution in [0.2, 0.25) is 0 Å². The predicted molar refractivity (Wildman–Crippen MR) is 90.7 cm³/mol. The summed E-state index contributed by atoms with van der Waals surface area (Å²) in [6, 6.07) is 13.1. The van der Waals surface area contributed by atoms with E-state index in [0.717, 1.165) is 9.78 Å². The largest absolute Gasteiger partial charge is 0.272 e. The zero-order chi connectivity index (χ0) is 15.1. The first-order valence-corrected chi connectivity index (χ1v) is 8.57. The molecule has 1 fully saturated rings. The summed E-state index contributed by atoms with van der Waals surface area (Å²) in [7, 11) is 0. The van der Waals surface area contributed by atoms with Gasteiger partial charge in [0.25, 0.3) is 11.8 Å². The Labute approximate surface area is 135 Å². The van der Waals surface area contributed by atoms with Crippen LogP contribution in [0.5, 0.6) is 0 Å². The molecule has 1 unspecified atom stereocenters. The van der Waals surface area contributed by atoms with E-state index in [4.69, 9.17) is 0 Å². The molecular formula is C17H11NO2S2. The molecule has 0 spiro atoms. The Morgan fingerprint density at radius 2 is 1.77 bits per heavy atom. The molecule has 0 saturated carbocycles. The Morgan fingerprint density at radius 1 is 0.955 bits per heavy atom. The van der Waals surface area contributed by atoms with Gasteiger partial charge in [0, 0.05) is 15.4 Å². The van der Waals surface area contributed by atoms with E-state index in [1.807, 2.05) is 41.8 Å². The standard InChI is InChI=1S/C17H11NO2S2/c19-16-12-8-9-14(13-7-4-10-21-13)22-15(12)17(20)18(16)11-5-2-1-3-6-11/h1-10,15H. The molecule has 1 aromatic carbocycles. The highest BCUT2D eigenvalue weighted by molar-refractivity contribution is 8.10. The molecule has 5 heteroatoms. The molecule has 2 amide bonds. The number of allylic oxidation sites excluding steroid dienone is 2. The van der Waals surface area contributed by atoms with Gasteiger partial charge < -0.3 is 0 Å². The van der Waals surface area contributed by atoms with Gasteiger partial charge in [-0.3, -0.25) is 9.59 Å². The van der Waals surface area contributed by atoms with Gasteiger partial charge in [0.2, 0.25) is 0 Å². The zero-order valence-corrected chi connectivity index (χ0v) is 13.1. The van der Waals surface area contributed by atoms with Gasteiger partial charge in [0.1, 0.15) is 5.25 Å². The smallest absolute Gasteiger partial charge is 0.262 e. The van der Waals surface area contributed by atoms with E-state index >= 15 is 0 Å². The average molecular weight is 325 g/mol. The molecule has 0 N–H and O–H groups in total. The lowest BCUT2D eigenvalue weighted by atomic mass is 10.2. The Hall–Kier alpha value is -2.11. The quantitative estimate of drug-likeness (QED) is 0.790. The van der Waals surface area contributed by atoms with Gasteiger partial charge >= 0.3 is 0 Å². The van der Waals surface area contributed by atoms with Crippen molar-refractivity contribution in [2.24, 2.45) is 0 Å². The van der Waals surface area contributed by atoms with Gasteiger partial charge in [0.15, 0.2) is 0 Å². The minimum absolute atomic E-state index is 0.158. The minimum Gasteiger partial charge on any atom is -0.272 e. The Bertz CT molecular complexity index is 806. The van der Waals surface area contributed by atoms with Crippen molar-refractivity contribution >= 4 is 45.5 Å². The molecule has 1 aromatic heterocycles. The molecule has 22 heavy (non-hydrogen) atoms. The monoisotopic (exact) mass is 325 g/mol. The van der Waals surface area contributed by atoms with Crippen molar-refractivity contribution in [2.45, 2.75) is 5.25 Å². The van der Waals surface area contributed by atoms with Crippen LogP contribution in [0.1, 0.15) is 4.88 Å². The third kappa shape index (κ3) is 2.05. The number of benzene rings is 1. The van der Waals surface area contributed by atoms with Crippen LogP contribution in [0.25, 0.3) is 4.91 Å². The summed E-state index contributed by atoms with van der Waals surface area (Å²) < 4.78 is 0. The number of nitrogens with zero attached hydrogens (tertiary/aromatic N) is 1. The first-order chi connectivity index (χ1) is 10.8. The fraction of sp³-hybridized carbons (Fsp3) is 0.0588. The number of carbonyl (C=O) groups is 2. The summed E-state index contributed by atoms with van der Waals surface area (Å²) in [5.41, 5.74) is 1.20. The number of anilines is 1. The van der Waals surface area contributed by atoms with Crippen molar-refractivity contribution < 1.29 is 9.59 Å². The molecule has 0 bridgehead atoms. The maximum absolute atomic E-state index is 12.7. The maximum Gasteiger partial charge on any atom is 0.262 e. The number of para-hydroxylation sites is 1.